The van der Waals surface area contributed by atoms with Gasteiger partial charge in [0, 0.05) is 32.5 Å². The molecule has 3 N–H and O–H groups in total. The Morgan fingerprint density at radius 2 is 1.93 bits per heavy atom. The van der Waals surface area contributed by atoms with Gasteiger partial charge in [-0.05, 0) is 31.4 Å². The molecular formula is C19H26N4O4. The second-order valence-electron chi connectivity index (χ2n) is 6.36. The number of carbonyl (C=O) groups is 3. The molecule has 1 aliphatic rings. The van der Waals surface area contributed by atoms with Crippen LogP contribution in [0.15, 0.2) is 24.3 Å². The van der Waals surface area contributed by atoms with E-state index in [-0.39, 0.29) is 18.9 Å². The minimum absolute atomic E-state index is 0.0151. The maximum atomic E-state index is 12.1. The summed E-state index contributed by atoms with van der Waals surface area (Å²) in [4.78, 5) is 41.0. The number of fused-ring (bicyclic) bond motifs is 1. The molecule has 27 heavy (non-hydrogen) atoms. The van der Waals surface area contributed by atoms with Gasteiger partial charge in [-0.2, -0.15) is 0 Å². The third kappa shape index (κ3) is 7.08. The van der Waals surface area contributed by atoms with E-state index in [0.29, 0.717) is 19.3 Å². The summed E-state index contributed by atoms with van der Waals surface area (Å²) in [5, 5.41) is 10.2. The summed E-state index contributed by atoms with van der Waals surface area (Å²) in [7, 11) is 0. The minimum atomic E-state index is -0.903. The predicted octanol–water partition coefficient (Wildman–Crippen LogP) is 1.72. The molecule has 8 heteroatoms. The summed E-state index contributed by atoms with van der Waals surface area (Å²) in [5.41, 5.74) is 2.02. The van der Waals surface area contributed by atoms with Crippen LogP contribution in [0.1, 0.15) is 37.9 Å². The van der Waals surface area contributed by atoms with E-state index in [2.05, 4.69) is 15.3 Å². The van der Waals surface area contributed by atoms with Crippen molar-refractivity contribution in [3.8, 4) is 0 Å². The Labute approximate surface area is 158 Å². The van der Waals surface area contributed by atoms with E-state index in [0.717, 1.165) is 42.8 Å². The molecule has 0 atom stereocenters. The molecule has 1 aromatic carbocycles. The molecule has 1 saturated heterocycles. The Morgan fingerprint density at radius 3 is 2.59 bits per heavy atom. The first-order valence-corrected chi connectivity index (χ1v) is 9.20. The van der Waals surface area contributed by atoms with Crippen molar-refractivity contribution in [1.29, 1.82) is 0 Å². The van der Waals surface area contributed by atoms with Crippen LogP contribution in [0.2, 0.25) is 0 Å². The van der Waals surface area contributed by atoms with Crippen molar-refractivity contribution >= 4 is 29.3 Å². The number of H-pyrrole nitrogens is 1. The first kappa shape index (κ1) is 20.4. The van der Waals surface area contributed by atoms with Crippen LogP contribution in [0.4, 0.5) is 0 Å². The molecule has 146 valence electrons. The van der Waals surface area contributed by atoms with E-state index in [4.69, 9.17) is 5.11 Å². The number of hydrogen-bond donors (Lipinski definition) is 3. The highest BCUT2D eigenvalue weighted by Crippen LogP contribution is 2.13. The Morgan fingerprint density at radius 1 is 1.19 bits per heavy atom. The van der Waals surface area contributed by atoms with Crippen LogP contribution in [-0.4, -0.2) is 57.9 Å². The molecule has 3 rings (SSSR count). The van der Waals surface area contributed by atoms with Crippen molar-refractivity contribution in [2.45, 2.75) is 38.5 Å². The highest BCUT2D eigenvalue weighted by Gasteiger charge is 2.16. The number of rotatable bonds is 7. The highest BCUT2D eigenvalue weighted by molar-refractivity contribution is 5.77. The molecule has 1 aromatic heterocycles. The SMILES string of the molecule is O=C(CCc1nc2ccccc2[nH]1)N1CCCCC1.O=CNCCC(=O)O. The third-order valence-electron chi connectivity index (χ3n) is 4.29. The zero-order valence-corrected chi connectivity index (χ0v) is 15.3. The minimum Gasteiger partial charge on any atom is -0.481 e. The number of aryl methyl sites for hydroxylation is 1. The van der Waals surface area contributed by atoms with E-state index >= 15 is 0 Å². The zero-order valence-electron chi connectivity index (χ0n) is 15.3. The molecular weight excluding hydrogens is 348 g/mol. The first-order chi connectivity index (χ1) is 13.1. The number of aromatic nitrogens is 2. The summed E-state index contributed by atoms with van der Waals surface area (Å²) in [6, 6.07) is 7.97. The number of para-hydroxylation sites is 2. The maximum absolute atomic E-state index is 12.1. The number of piperidine rings is 1. The number of carboxylic acid groups (broad SMARTS) is 1. The average Bonchev–Trinajstić information content (AvgIpc) is 3.10. The number of amides is 2. The number of aliphatic carboxylic acids is 1. The summed E-state index contributed by atoms with van der Waals surface area (Å²) in [6.45, 7) is 2.07. The Balaban J connectivity index is 0.000000279. The van der Waals surface area contributed by atoms with Crippen LogP contribution in [0.3, 0.4) is 0 Å². The Bertz CT molecular complexity index is 720. The lowest BCUT2D eigenvalue weighted by Crippen LogP contribution is -2.35. The molecule has 2 amide bonds. The number of aromatic amines is 1. The normalized spacial score (nSPS) is 13.6. The molecule has 8 nitrogen and oxygen atoms in total. The van der Waals surface area contributed by atoms with E-state index < -0.39 is 5.97 Å². The Hall–Kier alpha value is -2.90. The first-order valence-electron chi connectivity index (χ1n) is 9.20. The summed E-state index contributed by atoms with van der Waals surface area (Å²) in [6.07, 6.45) is 5.27. The van der Waals surface area contributed by atoms with Gasteiger partial charge in [0.15, 0.2) is 0 Å². The van der Waals surface area contributed by atoms with Crippen LogP contribution in [0.5, 0.6) is 0 Å². The van der Waals surface area contributed by atoms with Gasteiger partial charge in [-0.3, -0.25) is 14.4 Å². The van der Waals surface area contributed by atoms with Gasteiger partial charge in [-0.25, -0.2) is 4.98 Å². The molecule has 0 aliphatic carbocycles. The summed E-state index contributed by atoms with van der Waals surface area (Å²) in [5.74, 6) is 0.270. The second kappa shape index (κ2) is 10.9. The van der Waals surface area contributed by atoms with Crippen LogP contribution in [0.25, 0.3) is 11.0 Å². The van der Waals surface area contributed by atoms with Gasteiger partial charge >= 0.3 is 5.97 Å². The topological polar surface area (TPSA) is 115 Å². The van der Waals surface area contributed by atoms with Crippen LogP contribution in [-0.2, 0) is 20.8 Å². The van der Waals surface area contributed by atoms with E-state index in [9.17, 15) is 14.4 Å². The molecule has 2 heterocycles. The number of carbonyl (C=O) groups excluding carboxylic acids is 2. The molecule has 1 fully saturated rings. The predicted molar refractivity (Wildman–Crippen MR) is 101 cm³/mol. The van der Waals surface area contributed by atoms with E-state index in [1.165, 1.54) is 6.42 Å². The lowest BCUT2D eigenvalue weighted by atomic mass is 10.1. The zero-order chi connectivity index (χ0) is 19.5. The van der Waals surface area contributed by atoms with Gasteiger partial charge in [-0.1, -0.05) is 12.1 Å². The third-order valence-corrected chi connectivity index (χ3v) is 4.29. The number of carboxylic acids is 1. The van der Waals surface area contributed by atoms with Gasteiger partial charge in [0.1, 0.15) is 5.82 Å². The lowest BCUT2D eigenvalue weighted by Gasteiger charge is -2.26. The van der Waals surface area contributed by atoms with Crippen molar-refractivity contribution in [2.75, 3.05) is 19.6 Å². The van der Waals surface area contributed by atoms with Crippen molar-refractivity contribution in [2.24, 2.45) is 0 Å². The number of likely N-dealkylation sites (tertiary alicyclic amines) is 1. The standard InChI is InChI=1S/C15H19N3O.C4H7NO3/c19-15(18-10-4-1-5-11-18)9-8-14-16-12-6-2-3-7-13(12)17-14;6-3-5-2-1-4(7)8/h2-3,6-7H,1,4-5,8-11H2,(H,16,17);3H,1-2H2,(H,5,6)(H,7,8). The molecule has 1 aliphatic heterocycles. The number of imidazole rings is 1. The summed E-state index contributed by atoms with van der Waals surface area (Å²) >= 11 is 0. The Kier molecular flexibility index (Phi) is 8.28. The van der Waals surface area contributed by atoms with Gasteiger partial charge in [0.25, 0.3) is 0 Å². The average molecular weight is 374 g/mol. The monoisotopic (exact) mass is 374 g/mol. The summed E-state index contributed by atoms with van der Waals surface area (Å²) < 4.78 is 0. The molecule has 0 radical (unpaired) electrons. The van der Waals surface area contributed by atoms with Crippen LogP contribution < -0.4 is 5.32 Å². The van der Waals surface area contributed by atoms with Gasteiger partial charge in [0.05, 0.1) is 17.5 Å². The molecule has 0 bridgehead atoms. The van der Waals surface area contributed by atoms with Gasteiger partial charge in [-0.15, -0.1) is 0 Å². The van der Waals surface area contributed by atoms with E-state index in [1.807, 2.05) is 29.2 Å². The number of nitrogens with one attached hydrogen (secondary N) is 2. The van der Waals surface area contributed by atoms with Gasteiger partial charge in [0.2, 0.25) is 12.3 Å². The van der Waals surface area contributed by atoms with Crippen molar-refractivity contribution in [3.63, 3.8) is 0 Å². The molecule has 2 aromatic rings. The largest absolute Gasteiger partial charge is 0.481 e. The lowest BCUT2D eigenvalue weighted by molar-refractivity contribution is -0.137. The number of nitrogens with zero attached hydrogens (tertiary/aromatic N) is 2. The molecule has 0 saturated carbocycles. The second-order valence-corrected chi connectivity index (χ2v) is 6.36. The van der Waals surface area contributed by atoms with Crippen molar-refractivity contribution in [3.05, 3.63) is 30.1 Å². The fourth-order valence-corrected chi connectivity index (χ4v) is 2.89. The maximum Gasteiger partial charge on any atom is 0.305 e. The number of benzene rings is 1. The quantitative estimate of drug-likeness (QED) is 0.504. The van der Waals surface area contributed by atoms with Crippen molar-refractivity contribution < 1.29 is 19.5 Å². The number of hydrogen-bond acceptors (Lipinski definition) is 4. The fourth-order valence-electron chi connectivity index (χ4n) is 2.89. The molecule has 0 spiro atoms. The van der Waals surface area contributed by atoms with Gasteiger partial charge < -0.3 is 20.3 Å². The van der Waals surface area contributed by atoms with Crippen molar-refractivity contribution in [1.82, 2.24) is 20.2 Å². The fraction of sp³-hybridized carbons (Fsp3) is 0.474. The van der Waals surface area contributed by atoms with E-state index in [1.54, 1.807) is 0 Å². The highest BCUT2D eigenvalue weighted by atomic mass is 16.4. The smallest absolute Gasteiger partial charge is 0.305 e. The molecule has 0 unspecified atom stereocenters. The van der Waals surface area contributed by atoms with Crippen LogP contribution >= 0.6 is 0 Å². The van der Waals surface area contributed by atoms with Crippen LogP contribution in [0, 0.1) is 0 Å².